The van der Waals surface area contributed by atoms with E-state index in [2.05, 4.69) is 14.9 Å². The number of carbonyl (C=O) groups is 1. The molecule has 0 aliphatic rings. The summed E-state index contributed by atoms with van der Waals surface area (Å²) in [5.41, 5.74) is 2.45. The largest absolute Gasteiger partial charge is 0.445 e. The van der Waals surface area contributed by atoms with E-state index in [1.54, 1.807) is 50.2 Å². The summed E-state index contributed by atoms with van der Waals surface area (Å²) in [6.07, 6.45) is -1.91. The van der Waals surface area contributed by atoms with Crippen LogP contribution in [0.15, 0.2) is 93.0 Å². The van der Waals surface area contributed by atoms with Crippen molar-refractivity contribution in [2.45, 2.75) is 37.9 Å². The Morgan fingerprint density at radius 2 is 1.77 bits per heavy atom. The van der Waals surface area contributed by atoms with Crippen molar-refractivity contribution in [1.82, 2.24) is 15.0 Å². The molecule has 0 unspecified atom stereocenters. The van der Waals surface area contributed by atoms with Crippen LogP contribution in [0.25, 0.3) is 22.6 Å². The van der Waals surface area contributed by atoms with E-state index < -0.39 is 27.7 Å². The van der Waals surface area contributed by atoms with Crippen molar-refractivity contribution in [2.24, 2.45) is 0 Å². The van der Waals surface area contributed by atoms with E-state index in [0.29, 0.717) is 39.4 Å². The number of halogens is 3. The molecule has 0 spiro atoms. The quantitative estimate of drug-likeness (QED) is 0.195. The summed E-state index contributed by atoms with van der Waals surface area (Å²) in [5, 5.41) is 3.81. The van der Waals surface area contributed by atoms with Crippen LogP contribution in [0.4, 0.5) is 19.1 Å². The van der Waals surface area contributed by atoms with Crippen LogP contribution >= 0.6 is 0 Å². The summed E-state index contributed by atoms with van der Waals surface area (Å²) in [6.45, 7) is 3.38. The monoisotopic (exact) mass is 624 g/mol. The molecule has 1 amide bonds. The summed E-state index contributed by atoms with van der Waals surface area (Å²) in [6, 6.07) is 16.1. The zero-order valence-electron chi connectivity index (χ0n) is 23.8. The van der Waals surface area contributed by atoms with Gasteiger partial charge in [-0.1, -0.05) is 47.6 Å². The third-order valence-corrected chi connectivity index (χ3v) is 8.47. The number of rotatable bonds is 9. The maximum atomic E-state index is 13.6. The molecule has 2 heterocycles. The van der Waals surface area contributed by atoms with Gasteiger partial charge in [0, 0.05) is 30.3 Å². The fraction of sp³-hybridized carbons (Fsp3) is 0.194. The Balaban J connectivity index is 1.51. The Morgan fingerprint density at radius 1 is 1.00 bits per heavy atom. The van der Waals surface area contributed by atoms with Gasteiger partial charge in [0.15, 0.2) is 0 Å². The maximum Gasteiger partial charge on any atom is 0.416 e. The zero-order valence-corrected chi connectivity index (χ0v) is 24.7. The Morgan fingerprint density at radius 3 is 2.45 bits per heavy atom. The highest BCUT2D eigenvalue weighted by Gasteiger charge is 2.30. The molecule has 0 saturated heterocycles. The number of oxazole rings is 1. The van der Waals surface area contributed by atoms with E-state index in [4.69, 9.17) is 8.94 Å². The predicted octanol–water partition coefficient (Wildman–Crippen LogP) is 6.63. The molecular formula is C31H27F3N4O5S. The smallest absolute Gasteiger partial charge is 0.416 e. The average Bonchev–Trinajstić information content (AvgIpc) is 3.63. The lowest BCUT2D eigenvalue weighted by molar-refractivity contribution is -0.138. The van der Waals surface area contributed by atoms with Crippen LogP contribution in [-0.4, -0.2) is 36.4 Å². The van der Waals surface area contributed by atoms with Crippen LogP contribution < -0.4 is 4.72 Å². The minimum Gasteiger partial charge on any atom is -0.445 e. The molecule has 1 N–H and O–H groups in total. The van der Waals surface area contributed by atoms with Crippen molar-refractivity contribution in [3.05, 3.63) is 107 Å². The number of sulfonamides is 1. The fourth-order valence-electron chi connectivity index (χ4n) is 4.61. The van der Waals surface area contributed by atoms with Gasteiger partial charge in [-0.2, -0.15) is 13.2 Å². The van der Waals surface area contributed by atoms with Crippen molar-refractivity contribution in [3.8, 4) is 22.6 Å². The number of amides is 1. The minimum atomic E-state index is -4.53. The highest BCUT2D eigenvalue weighted by Crippen LogP contribution is 2.35. The number of alkyl halides is 3. The highest BCUT2D eigenvalue weighted by atomic mass is 32.2. The van der Waals surface area contributed by atoms with Gasteiger partial charge in [-0.25, -0.2) is 18.1 Å². The Bertz CT molecular complexity index is 1920. The van der Waals surface area contributed by atoms with Crippen molar-refractivity contribution < 1.29 is 35.3 Å². The summed E-state index contributed by atoms with van der Waals surface area (Å²) in [5.74, 6) is -0.123. The van der Waals surface area contributed by atoms with Gasteiger partial charge in [0.25, 0.3) is 10.0 Å². The van der Waals surface area contributed by atoms with Crippen molar-refractivity contribution >= 4 is 21.8 Å². The average molecular weight is 625 g/mol. The molecule has 0 aliphatic carbocycles. The first-order valence-electron chi connectivity index (χ1n) is 13.3. The number of aromatic nitrogens is 2. The molecule has 2 aromatic heterocycles. The van der Waals surface area contributed by atoms with Gasteiger partial charge in [-0.3, -0.25) is 4.79 Å². The summed E-state index contributed by atoms with van der Waals surface area (Å²) in [7, 11) is -2.64. The van der Waals surface area contributed by atoms with Crippen LogP contribution in [0.5, 0.6) is 0 Å². The van der Waals surface area contributed by atoms with Gasteiger partial charge in [-0.05, 0) is 54.8 Å². The predicted molar refractivity (Wildman–Crippen MR) is 156 cm³/mol. The number of anilines is 1. The van der Waals surface area contributed by atoms with Crippen LogP contribution in [0.3, 0.4) is 0 Å². The number of hydrogen-bond acceptors (Lipinski definition) is 7. The molecule has 0 bridgehead atoms. The second kappa shape index (κ2) is 12.0. The summed E-state index contributed by atoms with van der Waals surface area (Å²) >= 11 is 0. The van der Waals surface area contributed by atoms with E-state index in [1.807, 2.05) is 0 Å². The number of nitrogens with zero attached hydrogens (tertiary/aromatic N) is 3. The highest BCUT2D eigenvalue weighted by molar-refractivity contribution is 7.92. The molecule has 228 valence electrons. The van der Waals surface area contributed by atoms with Gasteiger partial charge >= 0.3 is 6.18 Å². The zero-order chi connectivity index (χ0) is 31.6. The molecule has 0 radical (unpaired) electrons. The van der Waals surface area contributed by atoms with Gasteiger partial charge < -0.3 is 13.8 Å². The Hall–Kier alpha value is -4.91. The SMILES string of the molecule is Cc1noc(NS(=O)(=O)c2ccccc2-c2ccc(-c3ncco3)cc2CN(C)C(=O)Cc2cccc(C(F)(F)F)c2)c1C. The maximum absolute atomic E-state index is 13.6. The molecule has 13 heteroatoms. The molecule has 9 nitrogen and oxygen atoms in total. The van der Waals surface area contributed by atoms with Crippen molar-refractivity contribution in [1.29, 1.82) is 0 Å². The Labute approximate surface area is 251 Å². The van der Waals surface area contributed by atoms with Crippen LogP contribution in [0, 0.1) is 13.8 Å². The number of carbonyl (C=O) groups excluding carboxylic acids is 1. The summed E-state index contributed by atoms with van der Waals surface area (Å²) < 4.78 is 79.9. The topological polar surface area (TPSA) is 119 Å². The lowest BCUT2D eigenvalue weighted by atomic mass is 9.96. The molecule has 5 aromatic rings. The first-order valence-corrected chi connectivity index (χ1v) is 14.8. The van der Waals surface area contributed by atoms with E-state index in [0.717, 1.165) is 12.1 Å². The van der Waals surface area contributed by atoms with Crippen molar-refractivity contribution in [2.75, 3.05) is 11.8 Å². The molecule has 0 atom stereocenters. The van der Waals surface area contributed by atoms with E-state index in [9.17, 15) is 26.4 Å². The molecular weight excluding hydrogens is 597 g/mol. The minimum absolute atomic E-state index is 0.00306. The lowest BCUT2D eigenvalue weighted by Crippen LogP contribution is -2.28. The Kier molecular flexibility index (Phi) is 8.33. The van der Waals surface area contributed by atoms with Gasteiger partial charge in [0.1, 0.15) is 6.26 Å². The second-order valence-corrected chi connectivity index (χ2v) is 11.8. The molecule has 0 aliphatic heterocycles. The number of aryl methyl sites for hydroxylation is 1. The lowest BCUT2D eigenvalue weighted by Gasteiger charge is -2.21. The molecule has 3 aromatic carbocycles. The number of benzene rings is 3. The first-order chi connectivity index (χ1) is 20.8. The molecule has 44 heavy (non-hydrogen) atoms. The molecule has 0 saturated carbocycles. The third-order valence-electron chi connectivity index (χ3n) is 7.08. The van der Waals surface area contributed by atoms with Crippen LogP contribution in [0.2, 0.25) is 0 Å². The molecule has 5 rings (SSSR count). The third kappa shape index (κ3) is 6.52. The molecule has 0 fully saturated rings. The van der Waals surface area contributed by atoms with E-state index in [1.165, 1.54) is 42.6 Å². The number of hydrogen-bond donors (Lipinski definition) is 1. The van der Waals surface area contributed by atoms with Gasteiger partial charge in [0.2, 0.25) is 17.7 Å². The summed E-state index contributed by atoms with van der Waals surface area (Å²) in [4.78, 5) is 18.7. The number of likely N-dealkylation sites (N-methyl/N-ethyl adjacent to an activating group) is 1. The number of nitrogens with one attached hydrogen (secondary N) is 1. The van der Waals surface area contributed by atoms with E-state index >= 15 is 0 Å². The first kappa shape index (κ1) is 30.5. The normalized spacial score (nSPS) is 11.9. The van der Waals surface area contributed by atoms with Gasteiger partial charge in [-0.15, -0.1) is 0 Å². The van der Waals surface area contributed by atoms with Crippen LogP contribution in [-0.2, 0) is 34.0 Å². The van der Waals surface area contributed by atoms with Gasteiger partial charge in [0.05, 0.1) is 28.8 Å². The second-order valence-electron chi connectivity index (χ2n) is 10.2. The fourth-order valence-corrected chi connectivity index (χ4v) is 5.88. The van der Waals surface area contributed by atoms with E-state index in [-0.39, 0.29) is 29.3 Å². The van der Waals surface area contributed by atoms with Crippen LogP contribution in [0.1, 0.15) is 27.9 Å². The standard InChI is InChI=1S/C31H27F3N4O5S/c1-19-20(2)36-43-29(19)37-44(40,41)27-10-5-4-9-26(27)25-12-11-22(30-35-13-14-42-30)17-23(25)18-38(3)28(39)16-21-7-6-8-24(15-21)31(32,33)34/h4-15,17,37H,16,18H2,1-3H3. The van der Waals surface area contributed by atoms with Crippen molar-refractivity contribution in [3.63, 3.8) is 0 Å².